The molecule has 6 atom stereocenters. The number of aliphatic hydroxyl groups is 1. The fraction of sp³-hybridized carbons (Fsp3) is 0.784. The van der Waals surface area contributed by atoms with Gasteiger partial charge in [-0.2, -0.15) is 26.7 Å². The summed E-state index contributed by atoms with van der Waals surface area (Å²) in [6.07, 6.45) is 11.9. The number of piperazine rings is 4. The second-order valence-electron chi connectivity index (χ2n) is 21.4. The van der Waals surface area contributed by atoms with Crippen molar-refractivity contribution in [2.75, 3.05) is 133 Å². The van der Waals surface area contributed by atoms with E-state index in [2.05, 4.69) is 31.1 Å². The zero-order valence-electron chi connectivity index (χ0n) is 45.5. The first-order valence-corrected chi connectivity index (χ1v) is 29.1. The quantitative estimate of drug-likeness (QED) is 0.0451. The van der Waals surface area contributed by atoms with E-state index in [1.807, 2.05) is 16.7 Å². The number of nitrogens with two attached hydrogens (primary N) is 1. The molecule has 7 N–H and O–H groups in total. The first-order valence-electron chi connectivity index (χ1n) is 28.1. The maximum atomic E-state index is 14.1. The summed E-state index contributed by atoms with van der Waals surface area (Å²) in [5, 5.41) is 22.7. The highest BCUT2D eigenvalue weighted by Gasteiger charge is 2.43. The van der Waals surface area contributed by atoms with Crippen LogP contribution in [0, 0.1) is 0 Å². The summed E-state index contributed by atoms with van der Waals surface area (Å²) in [6, 6.07) is -1.46. The van der Waals surface area contributed by atoms with Crippen molar-refractivity contribution < 1.29 is 43.5 Å². The molecule has 77 heavy (non-hydrogen) atoms. The van der Waals surface area contributed by atoms with Gasteiger partial charge in [0.2, 0.25) is 59.2 Å². The summed E-state index contributed by atoms with van der Waals surface area (Å²) >= 11 is 1.90. The van der Waals surface area contributed by atoms with E-state index in [4.69, 9.17) is 20.7 Å². The number of rotatable bonds is 28. The number of nitrogens with one attached hydrogen (secondary N) is 4. The second kappa shape index (κ2) is 28.7. The molecule has 7 rings (SSSR count). The minimum Gasteiger partial charge on any atom is -0.391 e. The van der Waals surface area contributed by atoms with E-state index in [1.165, 1.54) is 33.6 Å². The standard InChI is InChI=1S/C51H84N16O9S/c1-35(68)45-47(75)66(32-42(72)61(45)3)30-39(69)53-20-14-9-7-5-4-6-8-10-18-40(70)62-22-26-64(27-23-62)49-57-48(54-21-15-12-17-38-44-36(34-77-38)55-51(76)56-44)58-50(59-49)65-28-24-63(25-29-65)46(74)37(16-11-13-19-52)67-33-41(71)60(2)31-43(67)73/h35-38,44-45,68H,4-34,52H2,1-3H3,(H,53,69)(H2,55,56,76)(H,54,57,58,59)/t35-,36+,37+,38+,44+,45+/m1/s1. The Labute approximate surface area is 456 Å². The van der Waals surface area contributed by atoms with Gasteiger partial charge in [-0.1, -0.05) is 44.9 Å². The van der Waals surface area contributed by atoms with Crippen molar-refractivity contribution in [2.45, 2.75) is 139 Å². The number of aromatic nitrogens is 3. The van der Waals surface area contributed by atoms with E-state index < -0.39 is 24.1 Å². The number of hydrogen-bond acceptors (Lipinski definition) is 17. The van der Waals surface area contributed by atoms with Crippen molar-refractivity contribution in [3.05, 3.63) is 0 Å². The lowest BCUT2D eigenvalue weighted by Gasteiger charge is -2.41. The highest BCUT2D eigenvalue weighted by Crippen LogP contribution is 2.33. The predicted molar refractivity (Wildman–Crippen MR) is 291 cm³/mol. The number of carbonyl (C=O) groups excluding carboxylic acids is 8. The summed E-state index contributed by atoms with van der Waals surface area (Å²) in [6.45, 7) is 6.39. The average molecular weight is 1100 g/mol. The molecule has 428 valence electrons. The van der Waals surface area contributed by atoms with Gasteiger partial charge in [-0.15, -0.1) is 0 Å². The molecule has 6 fully saturated rings. The topological polar surface area (TPSA) is 296 Å². The van der Waals surface area contributed by atoms with Crippen LogP contribution in [0.15, 0.2) is 0 Å². The average Bonchev–Trinajstić information content (AvgIpc) is 3.98. The minimum absolute atomic E-state index is 0.0560. The SMILES string of the molecule is C[C@@H](O)[C@H]1C(=O)N(CC(=O)NCCCCCCCCCCC(=O)N2CCN(c3nc(NCCCC[C@@H]4SC[C@@H]5NC(=O)N[C@@H]54)nc(N4CCN(C(=O)[C@H](CCCCN)N5CC(=O)N(C)CC5=O)CC4)n3)CC2)CC(=O)N1C. The van der Waals surface area contributed by atoms with Gasteiger partial charge in [0.15, 0.2) is 0 Å². The van der Waals surface area contributed by atoms with E-state index in [9.17, 15) is 43.5 Å². The summed E-state index contributed by atoms with van der Waals surface area (Å²) in [5.41, 5.74) is 5.78. The van der Waals surface area contributed by atoms with Crippen LogP contribution in [-0.2, 0) is 33.6 Å². The second-order valence-corrected chi connectivity index (χ2v) is 22.6. The Morgan fingerprint density at radius 1 is 0.727 bits per heavy atom. The number of likely N-dealkylation sites (N-methyl/N-ethyl adjacent to an activating group) is 2. The summed E-state index contributed by atoms with van der Waals surface area (Å²) in [5.74, 6) is 0.860. The fourth-order valence-corrected chi connectivity index (χ4v) is 12.6. The largest absolute Gasteiger partial charge is 0.391 e. The van der Waals surface area contributed by atoms with Crippen molar-refractivity contribution >= 4 is 77.0 Å². The zero-order valence-corrected chi connectivity index (χ0v) is 46.3. The van der Waals surface area contributed by atoms with Gasteiger partial charge in [0.25, 0.3) is 0 Å². The van der Waals surface area contributed by atoms with Gasteiger partial charge in [0.05, 0.1) is 24.7 Å². The molecule has 0 bridgehead atoms. The lowest BCUT2D eigenvalue weighted by Crippen LogP contribution is -2.63. The van der Waals surface area contributed by atoms with E-state index in [1.54, 1.807) is 11.9 Å². The molecule has 6 aliphatic heterocycles. The maximum absolute atomic E-state index is 14.1. The number of unbranched alkanes of at least 4 members (excludes halogenated alkanes) is 9. The van der Waals surface area contributed by atoms with Crippen molar-refractivity contribution in [1.82, 2.24) is 60.3 Å². The van der Waals surface area contributed by atoms with Crippen LogP contribution in [0.5, 0.6) is 0 Å². The van der Waals surface area contributed by atoms with Crippen LogP contribution in [-0.4, -0.2) is 250 Å². The van der Waals surface area contributed by atoms with Gasteiger partial charge in [0, 0.05) is 97.0 Å². The van der Waals surface area contributed by atoms with Gasteiger partial charge < -0.3 is 71.3 Å². The number of fused-ring (bicyclic) bond motifs is 1. The highest BCUT2D eigenvalue weighted by molar-refractivity contribution is 8.00. The lowest BCUT2D eigenvalue weighted by molar-refractivity contribution is -0.159. The molecule has 6 aliphatic rings. The van der Waals surface area contributed by atoms with Crippen LogP contribution >= 0.6 is 11.8 Å². The van der Waals surface area contributed by atoms with Crippen molar-refractivity contribution in [3.8, 4) is 0 Å². The number of hydrogen-bond donors (Lipinski definition) is 6. The Morgan fingerprint density at radius 3 is 2.03 bits per heavy atom. The van der Waals surface area contributed by atoms with Gasteiger partial charge in [-0.25, -0.2) is 4.79 Å². The first-order chi connectivity index (χ1) is 37.1. The Morgan fingerprint density at radius 2 is 1.36 bits per heavy atom. The van der Waals surface area contributed by atoms with Gasteiger partial charge >= 0.3 is 6.03 Å². The molecule has 0 spiro atoms. The Balaban J connectivity index is 0.834. The van der Waals surface area contributed by atoms with E-state index in [-0.39, 0.29) is 79.7 Å². The van der Waals surface area contributed by atoms with Crippen LogP contribution in [0.3, 0.4) is 0 Å². The summed E-state index contributed by atoms with van der Waals surface area (Å²) < 4.78 is 0. The van der Waals surface area contributed by atoms with Crippen LogP contribution in [0.2, 0.25) is 0 Å². The highest BCUT2D eigenvalue weighted by atomic mass is 32.2. The third kappa shape index (κ3) is 16.2. The molecule has 25 nitrogen and oxygen atoms in total. The number of urea groups is 1. The summed E-state index contributed by atoms with van der Waals surface area (Å²) in [4.78, 5) is 131. The molecule has 26 heteroatoms. The molecule has 6 saturated heterocycles. The number of thioether (sulfide) groups is 1. The fourth-order valence-electron chi connectivity index (χ4n) is 11.0. The first kappa shape index (κ1) is 58.9. The van der Waals surface area contributed by atoms with Crippen molar-refractivity contribution in [2.24, 2.45) is 5.73 Å². The molecule has 0 saturated carbocycles. The molecule has 0 unspecified atom stereocenters. The lowest BCUT2D eigenvalue weighted by atomic mass is 10.0. The van der Waals surface area contributed by atoms with Crippen LogP contribution in [0.25, 0.3) is 0 Å². The molecule has 0 aromatic carbocycles. The predicted octanol–water partition coefficient (Wildman–Crippen LogP) is -0.608. The zero-order chi connectivity index (χ0) is 55.0. The molecular formula is C51H84N16O9S. The smallest absolute Gasteiger partial charge is 0.315 e. The van der Waals surface area contributed by atoms with Gasteiger partial charge in [-0.3, -0.25) is 33.6 Å². The summed E-state index contributed by atoms with van der Waals surface area (Å²) in [7, 11) is 3.08. The molecule has 9 amide bonds. The van der Waals surface area contributed by atoms with E-state index in [0.29, 0.717) is 121 Å². The third-order valence-corrected chi connectivity index (χ3v) is 17.2. The Hall–Kier alpha value is -5.76. The number of anilines is 3. The minimum atomic E-state index is -1.04. The molecule has 7 heterocycles. The van der Waals surface area contributed by atoms with Crippen LogP contribution in [0.1, 0.15) is 103 Å². The number of aliphatic hydroxyl groups excluding tert-OH is 1. The van der Waals surface area contributed by atoms with Gasteiger partial charge in [-0.05, 0) is 58.4 Å². The molecule has 1 aromatic rings. The van der Waals surface area contributed by atoms with E-state index >= 15 is 0 Å². The normalized spacial score (nSPS) is 22.8. The number of nitrogens with zero attached hydrogens (tertiary/aromatic N) is 11. The Kier molecular flexibility index (Phi) is 22.0. The maximum Gasteiger partial charge on any atom is 0.315 e. The third-order valence-electron chi connectivity index (χ3n) is 15.7. The van der Waals surface area contributed by atoms with Crippen molar-refractivity contribution in [1.29, 1.82) is 0 Å². The molecule has 0 radical (unpaired) electrons. The van der Waals surface area contributed by atoms with Crippen LogP contribution < -0.4 is 36.8 Å². The number of amides is 9. The molecule has 1 aromatic heterocycles. The van der Waals surface area contributed by atoms with Gasteiger partial charge in [0.1, 0.15) is 31.7 Å². The number of carbonyl (C=O) groups is 8. The van der Waals surface area contributed by atoms with E-state index in [0.717, 1.165) is 76.4 Å². The van der Waals surface area contributed by atoms with Crippen molar-refractivity contribution in [3.63, 3.8) is 0 Å². The van der Waals surface area contributed by atoms with Crippen LogP contribution in [0.4, 0.5) is 22.6 Å². The molecule has 0 aliphatic carbocycles. The molecular weight excluding hydrogens is 1010 g/mol. The Bertz CT molecular complexity index is 2210. The monoisotopic (exact) mass is 1100 g/mol.